The van der Waals surface area contributed by atoms with E-state index in [9.17, 15) is 9.59 Å². The van der Waals surface area contributed by atoms with Gasteiger partial charge in [0.25, 0.3) is 5.91 Å². The number of hydrogen-bond acceptors (Lipinski definition) is 4. The zero-order valence-corrected chi connectivity index (χ0v) is 20.2. The van der Waals surface area contributed by atoms with Crippen LogP contribution in [0.1, 0.15) is 51.3 Å². The molecular weight excluding hydrogens is 448 g/mol. The number of fused-ring (bicyclic) bond motifs is 1. The fourth-order valence-electron chi connectivity index (χ4n) is 4.04. The number of benzene rings is 3. The van der Waals surface area contributed by atoms with Crippen LogP contribution in [-0.4, -0.2) is 24.3 Å². The quantitative estimate of drug-likeness (QED) is 0.369. The summed E-state index contributed by atoms with van der Waals surface area (Å²) in [5.41, 5.74) is 4.67. The van der Waals surface area contributed by atoms with Gasteiger partial charge in [-0.2, -0.15) is 0 Å². The molecule has 0 aliphatic carbocycles. The van der Waals surface area contributed by atoms with Gasteiger partial charge in [0.2, 0.25) is 0 Å². The number of hydrogen-bond donors (Lipinski definition) is 2. The van der Waals surface area contributed by atoms with Crippen molar-refractivity contribution in [1.82, 2.24) is 10.6 Å². The molecule has 0 saturated heterocycles. The lowest BCUT2D eigenvalue weighted by Crippen LogP contribution is -2.43. The Morgan fingerprint density at radius 3 is 2.38 bits per heavy atom. The molecule has 0 spiro atoms. The van der Waals surface area contributed by atoms with Crippen molar-refractivity contribution in [3.05, 3.63) is 106 Å². The summed E-state index contributed by atoms with van der Waals surface area (Å²) < 4.78 is 5.38. The van der Waals surface area contributed by atoms with Crippen LogP contribution in [0.2, 0.25) is 5.02 Å². The van der Waals surface area contributed by atoms with Gasteiger partial charge in [0.05, 0.1) is 7.11 Å². The number of carbonyl (C=O) groups excluding carboxylic acids is 2. The highest BCUT2D eigenvalue weighted by molar-refractivity contribution is 6.30. The first-order valence-corrected chi connectivity index (χ1v) is 11.5. The van der Waals surface area contributed by atoms with Crippen LogP contribution in [0, 0.1) is 0 Å². The number of ether oxygens (including phenoxy) is 1. The van der Waals surface area contributed by atoms with Crippen molar-refractivity contribution < 1.29 is 14.3 Å². The van der Waals surface area contributed by atoms with Crippen molar-refractivity contribution in [3.8, 4) is 5.75 Å². The molecule has 0 saturated carbocycles. The minimum Gasteiger partial charge on any atom is -0.497 e. The van der Waals surface area contributed by atoms with Gasteiger partial charge in [-0.25, -0.2) is 0 Å². The third-order valence-corrected chi connectivity index (χ3v) is 6.04. The Kier molecular flexibility index (Phi) is 6.75. The van der Waals surface area contributed by atoms with Crippen molar-refractivity contribution in [2.45, 2.75) is 32.4 Å². The number of halogens is 1. The summed E-state index contributed by atoms with van der Waals surface area (Å²) in [6, 6.07) is 19.9. The summed E-state index contributed by atoms with van der Waals surface area (Å²) in [7, 11) is 1.63. The molecule has 3 aromatic carbocycles. The molecule has 174 valence electrons. The number of carbonyl (C=O) groups is 2. The van der Waals surface area contributed by atoms with Gasteiger partial charge < -0.3 is 15.4 Å². The number of nitrogens with one attached hydrogen (secondary N) is 2. The van der Waals surface area contributed by atoms with Crippen molar-refractivity contribution >= 4 is 29.0 Å². The Labute approximate surface area is 204 Å². The molecule has 1 aliphatic heterocycles. The second kappa shape index (κ2) is 9.74. The first-order chi connectivity index (χ1) is 16.2. The zero-order valence-electron chi connectivity index (χ0n) is 19.4. The molecule has 3 aromatic rings. The van der Waals surface area contributed by atoms with Crippen LogP contribution in [0.15, 0.2) is 72.8 Å². The molecule has 0 radical (unpaired) electrons. The highest BCUT2D eigenvalue weighted by Crippen LogP contribution is 2.32. The fourth-order valence-corrected chi connectivity index (χ4v) is 4.17. The third kappa shape index (κ3) is 5.49. The molecule has 6 heteroatoms. The zero-order chi connectivity index (χ0) is 24.3. The van der Waals surface area contributed by atoms with E-state index in [2.05, 4.69) is 24.5 Å². The number of amides is 1. The van der Waals surface area contributed by atoms with Gasteiger partial charge >= 0.3 is 0 Å². The van der Waals surface area contributed by atoms with E-state index in [0.717, 1.165) is 34.6 Å². The lowest BCUT2D eigenvalue weighted by molar-refractivity contribution is 0.0949. The van der Waals surface area contributed by atoms with E-state index in [1.54, 1.807) is 49.6 Å². The third-order valence-electron chi connectivity index (χ3n) is 5.79. The SMILES string of the molecule is COc1ccc2c(c1)/C(=C/C(=O)c1ccc(C(=O)NCc3ccc(Cl)cc3)cc1)NC(C)(C)C2. The van der Waals surface area contributed by atoms with Crippen LogP contribution in [0.5, 0.6) is 5.75 Å². The smallest absolute Gasteiger partial charge is 0.251 e. The Morgan fingerprint density at radius 2 is 1.71 bits per heavy atom. The molecule has 1 aliphatic rings. The monoisotopic (exact) mass is 474 g/mol. The Bertz CT molecular complexity index is 1250. The molecule has 0 bridgehead atoms. The maximum Gasteiger partial charge on any atom is 0.251 e. The lowest BCUT2D eigenvalue weighted by atomic mass is 9.85. The minimum absolute atomic E-state index is 0.137. The van der Waals surface area contributed by atoms with Crippen LogP contribution < -0.4 is 15.4 Å². The first kappa shape index (κ1) is 23.6. The number of rotatable bonds is 6. The van der Waals surface area contributed by atoms with Crippen molar-refractivity contribution in [2.75, 3.05) is 7.11 Å². The van der Waals surface area contributed by atoms with E-state index >= 15 is 0 Å². The van der Waals surface area contributed by atoms with Gasteiger partial charge in [-0.3, -0.25) is 9.59 Å². The Hall–Kier alpha value is -3.57. The van der Waals surface area contributed by atoms with Crippen LogP contribution >= 0.6 is 11.6 Å². The second-order valence-electron chi connectivity index (χ2n) is 9.02. The lowest BCUT2D eigenvalue weighted by Gasteiger charge is -2.35. The predicted molar refractivity (Wildman–Crippen MR) is 135 cm³/mol. The summed E-state index contributed by atoms with van der Waals surface area (Å²) in [6.07, 6.45) is 2.46. The number of allylic oxidation sites excluding steroid dienone is 1. The summed E-state index contributed by atoms with van der Waals surface area (Å²) >= 11 is 5.90. The minimum atomic E-state index is -0.205. The van der Waals surface area contributed by atoms with Crippen LogP contribution in [0.3, 0.4) is 0 Å². The van der Waals surface area contributed by atoms with E-state index in [1.165, 1.54) is 0 Å². The standard InChI is InChI=1S/C28H27ClN2O3/c1-28(2)16-21-10-13-23(34-3)14-24(21)25(31-28)15-26(32)19-6-8-20(9-7-19)27(33)30-17-18-4-11-22(29)12-5-18/h4-15,31H,16-17H2,1-3H3,(H,30,33)/b25-15-. The number of ketones is 1. The molecule has 1 amide bonds. The van der Waals surface area contributed by atoms with Gasteiger partial charge in [-0.05, 0) is 67.8 Å². The topological polar surface area (TPSA) is 67.4 Å². The molecule has 0 fully saturated rings. The van der Waals surface area contributed by atoms with Crippen LogP contribution in [-0.2, 0) is 13.0 Å². The highest BCUT2D eigenvalue weighted by Gasteiger charge is 2.28. The fraction of sp³-hybridized carbons (Fsp3) is 0.214. The molecule has 5 nitrogen and oxygen atoms in total. The summed E-state index contributed by atoms with van der Waals surface area (Å²) in [6.45, 7) is 4.61. The molecule has 34 heavy (non-hydrogen) atoms. The van der Waals surface area contributed by atoms with Crippen LogP contribution in [0.4, 0.5) is 0 Å². The Morgan fingerprint density at radius 1 is 1.03 bits per heavy atom. The maximum absolute atomic E-state index is 13.0. The largest absolute Gasteiger partial charge is 0.497 e. The van der Waals surface area contributed by atoms with Gasteiger partial charge in [-0.15, -0.1) is 0 Å². The van der Waals surface area contributed by atoms with Gasteiger partial charge in [0.15, 0.2) is 5.78 Å². The first-order valence-electron chi connectivity index (χ1n) is 11.1. The van der Waals surface area contributed by atoms with Crippen LogP contribution in [0.25, 0.3) is 5.70 Å². The van der Waals surface area contributed by atoms with E-state index in [0.29, 0.717) is 22.7 Å². The van der Waals surface area contributed by atoms with E-state index in [-0.39, 0.29) is 17.2 Å². The average molecular weight is 475 g/mol. The average Bonchev–Trinajstić information content (AvgIpc) is 2.82. The number of methoxy groups -OCH3 is 1. The maximum atomic E-state index is 13.0. The van der Waals surface area contributed by atoms with Gasteiger partial charge in [0, 0.05) is 45.6 Å². The van der Waals surface area contributed by atoms with Crippen molar-refractivity contribution in [1.29, 1.82) is 0 Å². The molecule has 1 heterocycles. The summed E-state index contributed by atoms with van der Waals surface area (Å²) in [5.74, 6) is 0.402. The van der Waals surface area contributed by atoms with Crippen molar-refractivity contribution in [2.24, 2.45) is 0 Å². The normalized spacial score (nSPS) is 15.2. The second-order valence-corrected chi connectivity index (χ2v) is 9.45. The van der Waals surface area contributed by atoms with E-state index in [1.807, 2.05) is 30.3 Å². The van der Waals surface area contributed by atoms with Gasteiger partial charge in [-0.1, -0.05) is 41.9 Å². The van der Waals surface area contributed by atoms with E-state index < -0.39 is 0 Å². The van der Waals surface area contributed by atoms with Gasteiger partial charge in [0.1, 0.15) is 5.75 Å². The molecule has 4 rings (SSSR count). The molecular formula is C28H27ClN2O3. The predicted octanol–water partition coefficient (Wildman–Crippen LogP) is 5.43. The molecule has 0 atom stereocenters. The molecule has 2 N–H and O–H groups in total. The molecule has 0 aromatic heterocycles. The van der Waals surface area contributed by atoms with E-state index in [4.69, 9.17) is 16.3 Å². The van der Waals surface area contributed by atoms with Crippen molar-refractivity contribution in [3.63, 3.8) is 0 Å². The summed E-state index contributed by atoms with van der Waals surface area (Å²) in [4.78, 5) is 25.5. The molecule has 0 unspecified atom stereocenters. The highest BCUT2D eigenvalue weighted by atomic mass is 35.5. The summed E-state index contributed by atoms with van der Waals surface area (Å²) in [5, 5.41) is 7.01. The Balaban J connectivity index is 1.49.